The van der Waals surface area contributed by atoms with E-state index >= 15 is 0 Å². The molecule has 1 heterocycles. The molecule has 1 fully saturated rings. The smallest absolute Gasteiger partial charge is 0.0621 e. The normalized spacial score (nSPS) is 27.3. The number of rotatable bonds is 3. The predicted octanol–water partition coefficient (Wildman–Crippen LogP) is 1.51. The first-order valence-corrected chi connectivity index (χ1v) is 4.62. The summed E-state index contributed by atoms with van der Waals surface area (Å²) in [7, 11) is 2.20. The second-order valence-electron chi connectivity index (χ2n) is 3.29. The predicted molar refractivity (Wildman–Crippen MR) is 46.8 cm³/mol. The van der Waals surface area contributed by atoms with Crippen LogP contribution in [0.2, 0.25) is 0 Å². The maximum absolute atomic E-state index is 5.40. The zero-order valence-electron chi connectivity index (χ0n) is 7.68. The number of hydrogen-bond donors (Lipinski definition) is 0. The average molecular weight is 157 g/mol. The molecule has 2 nitrogen and oxygen atoms in total. The van der Waals surface area contributed by atoms with Crippen LogP contribution in [0.3, 0.4) is 0 Å². The molecule has 1 atom stereocenters. The van der Waals surface area contributed by atoms with Gasteiger partial charge < -0.3 is 9.64 Å². The minimum Gasteiger partial charge on any atom is -0.380 e. The van der Waals surface area contributed by atoms with Gasteiger partial charge in [0.1, 0.15) is 0 Å². The van der Waals surface area contributed by atoms with Crippen molar-refractivity contribution >= 4 is 0 Å². The molecule has 0 saturated carbocycles. The molecular weight excluding hydrogens is 138 g/mol. The topological polar surface area (TPSA) is 12.5 Å². The average Bonchev–Trinajstić information content (AvgIpc) is 2.03. The summed E-state index contributed by atoms with van der Waals surface area (Å²) in [5.41, 5.74) is 0. The van der Waals surface area contributed by atoms with Gasteiger partial charge in [0.15, 0.2) is 0 Å². The van der Waals surface area contributed by atoms with Crippen molar-refractivity contribution in [3.05, 3.63) is 0 Å². The highest BCUT2D eigenvalue weighted by Gasteiger charge is 2.17. The highest BCUT2D eigenvalue weighted by atomic mass is 16.5. The van der Waals surface area contributed by atoms with E-state index in [2.05, 4.69) is 18.9 Å². The zero-order chi connectivity index (χ0) is 8.10. The Kier molecular flexibility index (Phi) is 3.87. The lowest BCUT2D eigenvalue weighted by Crippen LogP contribution is -2.39. The van der Waals surface area contributed by atoms with Gasteiger partial charge in [0.25, 0.3) is 0 Å². The van der Waals surface area contributed by atoms with Gasteiger partial charge in [-0.05, 0) is 33.4 Å². The van der Waals surface area contributed by atoms with Crippen LogP contribution in [0.1, 0.15) is 26.2 Å². The molecule has 0 radical (unpaired) electrons. The van der Waals surface area contributed by atoms with Crippen LogP contribution in [0.5, 0.6) is 0 Å². The van der Waals surface area contributed by atoms with Gasteiger partial charge in [-0.2, -0.15) is 0 Å². The van der Waals surface area contributed by atoms with E-state index in [-0.39, 0.29) is 0 Å². The number of likely N-dealkylation sites (tertiary alicyclic amines) is 1. The molecule has 1 aliphatic rings. The van der Waals surface area contributed by atoms with Gasteiger partial charge in [-0.15, -0.1) is 0 Å². The SMILES string of the molecule is CCOCC1CCCCN1C. The molecule has 11 heavy (non-hydrogen) atoms. The third-order valence-corrected chi connectivity index (χ3v) is 2.44. The van der Waals surface area contributed by atoms with Crippen LogP contribution in [0.25, 0.3) is 0 Å². The lowest BCUT2D eigenvalue weighted by atomic mass is 10.0. The van der Waals surface area contributed by atoms with E-state index in [0.29, 0.717) is 6.04 Å². The van der Waals surface area contributed by atoms with Crippen molar-refractivity contribution in [1.29, 1.82) is 0 Å². The highest BCUT2D eigenvalue weighted by molar-refractivity contribution is 4.73. The van der Waals surface area contributed by atoms with E-state index in [1.807, 2.05) is 0 Å². The number of ether oxygens (including phenoxy) is 1. The van der Waals surface area contributed by atoms with Crippen molar-refractivity contribution in [2.75, 3.05) is 26.8 Å². The molecule has 1 aliphatic heterocycles. The number of nitrogens with zero attached hydrogens (tertiary/aromatic N) is 1. The molecule has 1 saturated heterocycles. The van der Waals surface area contributed by atoms with Gasteiger partial charge in [-0.3, -0.25) is 0 Å². The van der Waals surface area contributed by atoms with Gasteiger partial charge in [-0.25, -0.2) is 0 Å². The number of hydrogen-bond acceptors (Lipinski definition) is 2. The molecule has 66 valence electrons. The molecule has 0 bridgehead atoms. The summed E-state index contributed by atoms with van der Waals surface area (Å²) in [6.07, 6.45) is 4.05. The first-order valence-electron chi connectivity index (χ1n) is 4.62. The fraction of sp³-hybridized carbons (Fsp3) is 1.00. The Balaban J connectivity index is 2.18. The quantitative estimate of drug-likeness (QED) is 0.615. The van der Waals surface area contributed by atoms with E-state index in [1.165, 1.54) is 25.8 Å². The van der Waals surface area contributed by atoms with Crippen molar-refractivity contribution in [2.45, 2.75) is 32.2 Å². The summed E-state index contributed by atoms with van der Waals surface area (Å²) in [6, 6.07) is 0.684. The molecular formula is C9H19NO. The van der Waals surface area contributed by atoms with Crippen LogP contribution in [-0.4, -0.2) is 37.7 Å². The second-order valence-corrected chi connectivity index (χ2v) is 3.29. The molecule has 1 rings (SSSR count). The molecule has 0 amide bonds. The Morgan fingerprint density at radius 2 is 2.27 bits per heavy atom. The fourth-order valence-corrected chi connectivity index (χ4v) is 1.61. The van der Waals surface area contributed by atoms with Crippen molar-refractivity contribution in [1.82, 2.24) is 4.90 Å². The van der Waals surface area contributed by atoms with E-state index in [4.69, 9.17) is 4.74 Å². The Labute approximate surface area is 69.5 Å². The van der Waals surface area contributed by atoms with Crippen molar-refractivity contribution < 1.29 is 4.74 Å². The van der Waals surface area contributed by atoms with Crippen LogP contribution >= 0.6 is 0 Å². The minimum absolute atomic E-state index is 0.684. The Morgan fingerprint density at radius 1 is 1.45 bits per heavy atom. The summed E-state index contributed by atoms with van der Waals surface area (Å²) in [5.74, 6) is 0. The van der Waals surface area contributed by atoms with E-state index in [0.717, 1.165) is 13.2 Å². The van der Waals surface area contributed by atoms with E-state index < -0.39 is 0 Å². The van der Waals surface area contributed by atoms with Crippen molar-refractivity contribution in [2.24, 2.45) is 0 Å². The third-order valence-electron chi connectivity index (χ3n) is 2.44. The molecule has 0 N–H and O–H groups in total. The van der Waals surface area contributed by atoms with Crippen LogP contribution < -0.4 is 0 Å². The van der Waals surface area contributed by atoms with Gasteiger partial charge in [0.05, 0.1) is 6.61 Å². The van der Waals surface area contributed by atoms with E-state index in [9.17, 15) is 0 Å². The summed E-state index contributed by atoms with van der Waals surface area (Å²) in [4.78, 5) is 2.42. The van der Waals surface area contributed by atoms with Crippen LogP contribution in [-0.2, 0) is 4.74 Å². The van der Waals surface area contributed by atoms with Gasteiger partial charge in [0.2, 0.25) is 0 Å². The van der Waals surface area contributed by atoms with Gasteiger partial charge >= 0.3 is 0 Å². The molecule has 0 spiro atoms. The van der Waals surface area contributed by atoms with Crippen LogP contribution in [0.4, 0.5) is 0 Å². The van der Waals surface area contributed by atoms with Crippen LogP contribution in [0.15, 0.2) is 0 Å². The molecule has 1 unspecified atom stereocenters. The summed E-state index contributed by atoms with van der Waals surface area (Å²) in [6.45, 7) is 5.08. The third kappa shape index (κ3) is 2.80. The lowest BCUT2D eigenvalue weighted by molar-refractivity contribution is 0.0594. The fourth-order valence-electron chi connectivity index (χ4n) is 1.61. The van der Waals surface area contributed by atoms with Gasteiger partial charge in [0, 0.05) is 12.6 Å². The van der Waals surface area contributed by atoms with Crippen molar-refractivity contribution in [3.63, 3.8) is 0 Å². The van der Waals surface area contributed by atoms with Crippen molar-refractivity contribution in [3.8, 4) is 0 Å². The lowest BCUT2D eigenvalue weighted by Gasteiger charge is -2.31. The molecule has 2 heteroatoms. The molecule has 0 aliphatic carbocycles. The van der Waals surface area contributed by atoms with Crippen LogP contribution in [0, 0.1) is 0 Å². The molecule has 0 aromatic rings. The Hall–Kier alpha value is -0.0800. The van der Waals surface area contributed by atoms with Gasteiger partial charge in [-0.1, -0.05) is 6.42 Å². The highest BCUT2D eigenvalue weighted by Crippen LogP contribution is 2.14. The standard InChI is InChI=1S/C9H19NO/c1-3-11-8-9-6-4-5-7-10(9)2/h9H,3-8H2,1-2H3. The second kappa shape index (κ2) is 4.73. The maximum Gasteiger partial charge on any atom is 0.0621 e. The monoisotopic (exact) mass is 157 g/mol. The molecule has 0 aromatic heterocycles. The summed E-state index contributed by atoms with van der Waals surface area (Å²) >= 11 is 0. The largest absolute Gasteiger partial charge is 0.380 e. The zero-order valence-corrected chi connectivity index (χ0v) is 7.68. The van der Waals surface area contributed by atoms with E-state index in [1.54, 1.807) is 0 Å². The molecule has 0 aromatic carbocycles. The minimum atomic E-state index is 0.684. The Morgan fingerprint density at radius 3 is 2.91 bits per heavy atom. The number of piperidine rings is 1. The first-order chi connectivity index (χ1) is 5.34. The maximum atomic E-state index is 5.40. The Bertz CT molecular complexity index is 106. The summed E-state index contributed by atoms with van der Waals surface area (Å²) in [5, 5.41) is 0. The number of likely N-dealkylation sites (N-methyl/N-ethyl adjacent to an activating group) is 1. The summed E-state index contributed by atoms with van der Waals surface area (Å²) < 4.78 is 5.40. The first kappa shape index (κ1) is 9.01.